The van der Waals surface area contributed by atoms with Crippen molar-refractivity contribution in [1.82, 2.24) is 10.2 Å². The van der Waals surface area contributed by atoms with E-state index in [2.05, 4.69) is 12.2 Å². The Balaban J connectivity index is 2.83. The fourth-order valence-corrected chi connectivity index (χ4v) is 2.78. The number of carbonyl (C=O) groups is 1. The minimum atomic E-state index is -0.197. The van der Waals surface area contributed by atoms with Gasteiger partial charge in [0, 0.05) is 18.6 Å². The van der Waals surface area contributed by atoms with E-state index in [0.717, 1.165) is 25.8 Å². The zero-order valence-electron chi connectivity index (χ0n) is 12.4. The number of amides is 2. The minimum absolute atomic E-state index is 0.0386. The second kappa shape index (κ2) is 5.91. The fraction of sp³-hybridized carbons (Fsp3) is 0.929. The number of carbonyl (C=O) groups excluding carboxylic acids is 1. The van der Waals surface area contributed by atoms with Gasteiger partial charge < -0.3 is 16.0 Å². The third kappa shape index (κ3) is 3.61. The third-order valence-corrected chi connectivity index (χ3v) is 3.66. The largest absolute Gasteiger partial charge is 0.333 e. The lowest BCUT2D eigenvalue weighted by Crippen LogP contribution is -2.60. The first-order chi connectivity index (χ1) is 8.34. The first-order valence-corrected chi connectivity index (χ1v) is 7.14. The van der Waals surface area contributed by atoms with Crippen LogP contribution < -0.4 is 11.1 Å². The van der Waals surface area contributed by atoms with Crippen LogP contribution in [0.3, 0.4) is 0 Å². The second-order valence-corrected chi connectivity index (χ2v) is 6.47. The quantitative estimate of drug-likeness (QED) is 0.811. The van der Waals surface area contributed by atoms with E-state index >= 15 is 0 Å². The Morgan fingerprint density at radius 1 is 1.33 bits per heavy atom. The number of hydrogen-bond acceptors (Lipinski definition) is 2. The molecule has 1 saturated carbocycles. The molecule has 0 atom stereocenters. The van der Waals surface area contributed by atoms with Crippen molar-refractivity contribution < 1.29 is 4.79 Å². The topological polar surface area (TPSA) is 58.4 Å². The molecule has 0 aromatic carbocycles. The number of hydrogen-bond donors (Lipinski definition) is 2. The summed E-state index contributed by atoms with van der Waals surface area (Å²) in [6.07, 6.45) is 5.42. The normalized spacial score (nSPS) is 18.7. The second-order valence-electron chi connectivity index (χ2n) is 6.47. The van der Waals surface area contributed by atoms with Crippen LogP contribution in [0.1, 0.15) is 59.8 Å². The lowest BCUT2D eigenvalue weighted by molar-refractivity contribution is 0.114. The van der Waals surface area contributed by atoms with Gasteiger partial charge >= 0.3 is 6.03 Å². The van der Waals surface area contributed by atoms with Gasteiger partial charge in [-0.25, -0.2) is 4.79 Å². The van der Waals surface area contributed by atoms with Crippen molar-refractivity contribution in [3.05, 3.63) is 0 Å². The minimum Gasteiger partial charge on any atom is -0.333 e. The van der Waals surface area contributed by atoms with Crippen LogP contribution in [0.4, 0.5) is 4.79 Å². The zero-order chi connectivity index (χ0) is 13.8. The van der Waals surface area contributed by atoms with Crippen molar-refractivity contribution in [3.8, 4) is 0 Å². The van der Waals surface area contributed by atoms with Crippen molar-refractivity contribution in [2.24, 2.45) is 5.73 Å². The van der Waals surface area contributed by atoms with Crippen LogP contribution in [0.5, 0.6) is 0 Å². The highest BCUT2D eigenvalue weighted by molar-refractivity contribution is 5.76. The average Bonchev–Trinajstić information content (AvgIpc) is 2.72. The smallest absolute Gasteiger partial charge is 0.318 e. The third-order valence-electron chi connectivity index (χ3n) is 3.66. The summed E-state index contributed by atoms with van der Waals surface area (Å²) in [5.41, 5.74) is 5.68. The first-order valence-electron chi connectivity index (χ1n) is 7.14. The Hall–Kier alpha value is -0.770. The standard InChI is InChI=1S/C14H29N3O/c1-5-10-17(12(18)16-13(2,3)4)14(11-15)8-6-7-9-14/h5-11,15H2,1-4H3,(H,16,18). The molecule has 106 valence electrons. The predicted molar refractivity (Wildman–Crippen MR) is 75.5 cm³/mol. The van der Waals surface area contributed by atoms with Gasteiger partial charge in [-0.1, -0.05) is 19.8 Å². The van der Waals surface area contributed by atoms with E-state index in [1.54, 1.807) is 0 Å². The molecular weight excluding hydrogens is 226 g/mol. The van der Waals surface area contributed by atoms with Gasteiger partial charge in [0.15, 0.2) is 0 Å². The maximum absolute atomic E-state index is 12.5. The van der Waals surface area contributed by atoms with Crippen molar-refractivity contribution in [1.29, 1.82) is 0 Å². The maximum Gasteiger partial charge on any atom is 0.318 e. The van der Waals surface area contributed by atoms with E-state index in [-0.39, 0.29) is 17.1 Å². The zero-order valence-corrected chi connectivity index (χ0v) is 12.4. The van der Waals surface area contributed by atoms with Gasteiger partial charge in [-0.2, -0.15) is 0 Å². The van der Waals surface area contributed by atoms with E-state index in [0.29, 0.717) is 6.54 Å². The van der Waals surface area contributed by atoms with E-state index in [4.69, 9.17) is 5.73 Å². The Morgan fingerprint density at radius 3 is 2.28 bits per heavy atom. The van der Waals surface area contributed by atoms with Gasteiger partial charge in [-0.3, -0.25) is 0 Å². The van der Waals surface area contributed by atoms with Gasteiger partial charge in [-0.15, -0.1) is 0 Å². The maximum atomic E-state index is 12.5. The molecule has 0 bridgehead atoms. The molecule has 0 heterocycles. The van der Waals surface area contributed by atoms with E-state index in [1.807, 2.05) is 25.7 Å². The number of urea groups is 1. The van der Waals surface area contributed by atoms with Crippen molar-refractivity contribution >= 4 is 6.03 Å². The van der Waals surface area contributed by atoms with Gasteiger partial charge in [0.25, 0.3) is 0 Å². The summed E-state index contributed by atoms with van der Waals surface area (Å²) in [6.45, 7) is 9.51. The van der Waals surface area contributed by atoms with Crippen LogP contribution in [-0.2, 0) is 0 Å². The average molecular weight is 255 g/mol. The highest BCUT2D eigenvalue weighted by Gasteiger charge is 2.41. The number of rotatable bonds is 4. The van der Waals surface area contributed by atoms with Crippen molar-refractivity contribution in [3.63, 3.8) is 0 Å². The van der Waals surface area contributed by atoms with Gasteiger partial charge in [-0.05, 0) is 40.0 Å². The Morgan fingerprint density at radius 2 is 1.89 bits per heavy atom. The van der Waals surface area contributed by atoms with E-state index in [9.17, 15) is 4.79 Å². The van der Waals surface area contributed by atoms with E-state index in [1.165, 1.54) is 12.8 Å². The highest BCUT2D eigenvalue weighted by atomic mass is 16.2. The molecule has 1 rings (SSSR count). The molecule has 4 nitrogen and oxygen atoms in total. The fourth-order valence-electron chi connectivity index (χ4n) is 2.78. The molecule has 1 aliphatic rings. The molecule has 0 aromatic rings. The summed E-state index contributed by atoms with van der Waals surface area (Å²) in [6, 6.07) is 0.0386. The van der Waals surface area contributed by atoms with Crippen molar-refractivity contribution in [2.75, 3.05) is 13.1 Å². The Kier molecular flexibility index (Phi) is 5.02. The number of nitrogens with one attached hydrogen (secondary N) is 1. The van der Waals surface area contributed by atoms with Gasteiger partial charge in [0.1, 0.15) is 0 Å². The molecular formula is C14H29N3O. The molecule has 0 aliphatic heterocycles. The van der Waals surface area contributed by atoms with E-state index < -0.39 is 0 Å². The molecule has 0 aromatic heterocycles. The van der Waals surface area contributed by atoms with Crippen LogP contribution in [0.2, 0.25) is 0 Å². The monoisotopic (exact) mass is 255 g/mol. The Labute approximate surface area is 111 Å². The lowest BCUT2D eigenvalue weighted by atomic mass is 9.95. The number of nitrogens with two attached hydrogens (primary N) is 1. The molecule has 0 spiro atoms. The summed E-state index contributed by atoms with van der Waals surface area (Å²) in [7, 11) is 0. The molecule has 2 amide bonds. The molecule has 4 heteroatoms. The van der Waals surface area contributed by atoms with Crippen LogP contribution in [-0.4, -0.2) is 35.1 Å². The van der Waals surface area contributed by atoms with Crippen LogP contribution in [0.25, 0.3) is 0 Å². The molecule has 0 saturated heterocycles. The van der Waals surface area contributed by atoms with Gasteiger partial charge in [0.05, 0.1) is 5.54 Å². The molecule has 0 unspecified atom stereocenters. The summed E-state index contributed by atoms with van der Waals surface area (Å²) in [4.78, 5) is 14.5. The highest BCUT2D eigenvalue weighted by Crippen LogP contribution is 2.34. The summed E-state index contributed by atoms with van der Waals surface area (Å²) in [5.74, 6) is 0. The molecule has 1 aliphatic carbocycles. The summed E-state index contributed by atoms with van der Waals surface area (Å²) in [5, 5.41) is 3.07. The van der Waals surface area contributed by atoms with Crippen LogP contribution in [0, 0.1) is 0 Å². The predicted octanol–water partition coefficient (Wildman–Crippen LogP) is 2.48. The summed E-state index contributed by atoms with van der Waals surface area (Å²) >= 11 is 0. The first kappa shape index (κ1) is 15.3. The lowest BCUT2D eigenvalue weighted by Gasteiger charge is -2.42. The van der Waals surface area contributed by atoms with Gasteiger partial charge in [0.2, 0.25) is 0 Å². The van der Waals surface area contributed by atoms with Crippen LogP contribution in [0.15, 0.2) is 0 Å². The van der Waals surface area contributed by atoms with Crippen molar-refractivity contribution in [2.45, 2.75) is 70.9 Å². The number of nitrogens with zero attached hydrogens (tertiary/aromatic N) is 1. The molecule has 3 N–H and O–H groups in total. The summed E-state index contributed by atoms with van der Waals surface area (Å²) < 4.78 is 0. The van der Waals surface area contributed by atoms with Crippen LogP contribution >= 0.6 is 0 Å². The molecule has 18 heavy (non-hydrogen) atoms. The Bertz CT molecular complexity index is 277. The molecule has 1 fully saturated rings. The molecule has 0 radical (unpaired) electrons. The SMILES string of the molecule is CCCN(C(=O)NC(C)(C)C)C1(CN)CCCC1.